The fourth-order valence-electron chi connectivity index (χ4n) is 13.8. The minimum Gasteiger partial charge on any atom is -0.462 e. The molecule has 2 unspecified atom stereocenters. The van der Waals surface area contributed by atoms with E-state index in [2.05, 4.69) is 34.6 Å². The molecular weight excluding hydrogens is 1390 g/mol. The van der Waals surface area contributed by atoms with E-state index < -0.39 is 97.5 Å². The number of ether oxygens (including phenoxy) is 4. The molecule has 0 saturated heterocycles. The number of rotatable bonds is 88. The third-order valence-corrected chi connectivity index (χ3v) is 22.7. The molecule has 0 spiro atoms. The molecule has 107 heavy (non-hydrogen) atoms. The molecule has 0 aromatic heterocycles. The Morgan fingerprint density at radius 1 is 0.252 bits per heavy atom. The first-order chi connectivity index (χ1) is 52.0. The zero-order valence-electron chi connectivity index (χ0n) is 70.3. The Hall–Kier alpha value is -1.94. The van der Waals surface area contributed by atoms with E-state index in [0.29, 0.717) is 25.7 Å². The summed E-state index contributed by atoms with van der Waals surface area (Å²) < 4.78 is 69.0. The van der Waals surface area contributed by atoms with Gasteiger partial charge in [0.05, 0.1) is 26.4 Å². The minimum atomic E-state index is -4.97. The summed E-state index contributed by atoms with van der Waals surface area (Å²) in [5.41, 5.74) is 0. The maximum Gasteiger partial charge on any atom is 0.472 e. The lowest BCUT2D eigenvalue weighted by molar-refractivity contribution is -0.161. The molecule has 0 aliphatic carbocycles. The Morgan fingerprint density at radius 3 is 0.636 bits per heavy atom. The second-order valence-electron chi connectivity index (χ2n) is 32.1. The van der Waals surface area contributed by atoms with Gasteiger partial charge in [-0.3, -0.25) is 37.3 Å². The summed E-state index contributed by atoms with van der Waals surface area (Å²) >= 11 is 0. The number of phosphoric acid groups is 2. The van der Waals surface area contributed by atoms with Gasteiger partial charge >= 0.3 is 39.5 Å². The number of aliphatic hydroxyl groups is 1. The van der Waals surface area contributed by atoms with Crippen molar-refractivity contribution in [3.63, 3.8) is 0 Å². The first-order valence-electron chi connectivity index (χ1n) is 45.6. The summed E-state index contributed by atoms with van der Waals surface area (Å²) in [7, 11) is -9.93. The van der Waals surface area contributed by atoms with Gasteiger partial charge in [0.25, 0.3) is 0 Å². The smallest absolute Gasteiger partial charge is 0.462 e. The molecule has 0 radical (unpaired) electrons. The van der Waals surface area contributed by atoms with Crippen molar-refractivity contribution >= 4 is 39.5 Å². The van der Waals surface area contributed by atoms with E-state index in [1.165, 1.54) is 302 Å². The molecule has 3 N–H and O–H groups in total. The fourth-order valence-corrected chi connectivity index (χ4v) is 15.4. The van der Waals surface area contributed by atoms with Crippen LogP contribution < -0.4 is 0 Å². The predicted molar refractivity (Wildman–Crippen MR) is 442 cm³/mol. The molecule has 0 bridgehead atoms. The van der Waals surface area contributed by atoms with Gasteiger partial charge in [-0.2, -0.15) is 0 Å². The molecule has 0 rings (SSSR count). The summed E-state index contributed by atoms with van der Waals surface area (Å²) in [4.78, 5) is 73.3. The second-order valence-corrected chi connectivity index (χ2v) is 35.0. The number of hydrogen-bond acceptors (Lipinski definition) is 15. The molecule has 5 atom stereocenters. The summed E-state index contributed by atoms with van der Waals surface area (Å²) in [6, 6.07) is 0. The fraction of sp³-hybridized carbons (Fsp3) is 0.955. The third-order valence-electron chi connectivity index (χ3n) is 20.8. The van der Waals surface area contributed by atoms with Gasteiger partial charge in [-0.25, -0.2) is 9.13 Å². The van der Waals surface area contributed by atoms with Crippen molar-refractivity contribution in [2.24, 2.45) is 5.92 Å². The average molecular weight is 1560 g/mol. The van der Waals surface area contributed by atoms with Gasteiger partial charge in [0.1, 0.15) is 19.3 Å². The van der Waals surface area contributed by atoms with Crippen LogP contribution in [0.2, 0.25) is 0 Å². The minimum absolute atomic E-state index is 0.109. The Balaban J connectivity index is 5.24. The molecule has 0 saturated carbocycles. The van der Waals surface area contributed by atoms with Crippen molar-refractivity contribution in [1.29, 1.82) is 0 Å². The van der Waals surface area contributed by atoms with Crippen LogP contribution in [0.1, 0.15) is 478 Å². The van der Waals surface area contributed by atoms with E-state index in [-0.39, 0.29) is 25.7 Å². The van der Waals surface area contributed by atoms with Crippen molar-refractivity contribution in [3.05, 3.63) is 0 Å². The molecule has 0 fully saturated rings. The Bertz CT molecular complexity index is 2030. The van der Waals surface area contributed by atoms with Gasteiger partial charge in [-0.15, -0.1) is 0 Å². The van der Waals surface area contributed by atoms with Crippen LogP contribution in [-0.2, 0) is 65.4 Å². The van der Waals surface area contributed by atoms with Crippen LogP contribution in [-0.4, -0.2) is 96.7 Å². The zero-order chi connectivity index (χ0) is 78.3. The van der Waals surface area contributed by atoms with E-state index in [9.17, 15) is 43.2 Å². The lowest BCUT2D eigenvalue weighted by Gasteiger charge is -2.21. The summed E-state index contributed by atoms with van der Waals surface area (Å²) in [5.74, 6) is -1.37. The first-order valence-corrected chi connectivity index (χ1v) is 48.6. The first kappa shape index (κ1) is 105. The summed E-state index contributed by atoms with van der Waals surface area (Å²) in [6.45, 7) is 7.35. The van der Waals surface area contributed by atoms with Gasteiger partial charge in [0, 0.05) is 25.7 Å². The molecule has 0 amide bonds. The van der Waals surface area contributed by atoms with Gasteiger partial charge in [0.2, 0.25) is 0 Å². The molecule has 19 heteroatoms. The molecule has 0 aromatic carbocycles. The van der Waals surface area contributed by atoms with Crippen molar-refractivity contribution in [2.45, 2.75) is 496 Å². The molecule has 0 aliphatic heterocycles. The highest BCUT2D eigenvalue weighted by Gasteiger charge is 2.30. The quantitative estimate of drug-likeness (QED) is 0.0222. The SMILES string of the molecule is CCCCCCCCCCCCCCCCCCCCCCC(=O)O[C@H](COC(=O)CCCCCCCCCCCCCCCCCCCC)COP(=O)(O)OC[C@@H](O)COP(=O)(O)OC[C@@H](COC(=O)CCCCCCCCCCC(C)C)OC(=O)CCCCCCCCCCCCCCCCCCCC. The molecule has 0 aliphatic rings. The Kier molecular flexibility index (Phi) is 79.2. The van der Waals surface area contributed by atoms with E-state index in [4.69, 9.17) is 37.0 Å². The molecule has 0 aromatic rings. The standard InChI is InChI=1S/C88H172O17P2/c1-6-9-12-15-18-21-24-27-30-33-36-37-40-43-46-49-52-59-64-69-73-87(92)104-83(77-98-85(90)71-66-61-56-50-47-44-41-38-34-31-28-25-22-19-16-13-10-7-2)79-102-106(94,95)100-75-82(89)76-101-107(96,97)103-80-84(78-99-86(91)72-67-62-57-54-53-55-60-65-70-81(4)5)105-88(93)74-68-63-58-51-48-45-42-39-35-32-29-26-23-20-17-14-11-8-3/h81-84,89H,6-80H2,1-5H3,(H,94,95)(H,96,97)/t82-,83-,84-/m1/s1. The van der Waals surface area contributed by atoms with Gasteiger partial charge in [-0.05, 0) is 31.6 Å². The normalized spacial score (nSPS) is 13.7. The molecular formula is C88H172O17P2. The van der Waals surface area contributed by atoms with Gasteiger partial charge in [-0.1, -0.05) is 426 Å². The van der Waals surface area contributed by atoms with Crippen LogP contribution in [0.4, 0.5) is 0 Å². The molecule has 0 heterocycles. The van der Waals surface area contributed by atoms with Crippen LogP contribution >= 0.6 is 15.6 Å². The van der Waals surface area contributed by atoms with Gasteiger partial charge in [0.15, 0.2) is 12.2 Å². The lowest BCUT2D eigenvalue weighted by atomic mass is 10.0. The largest absolute Gasteiger partial charge is 0.472 e. The van der Waals surface area contributed by atoms with Crippen molar-refractivity contribution in [2.75, 3.05) is 39.6 Å². The monoisotopic (exact) mass is 1560 g/mol. The maximum absolute atomic E-state index is 13.2. The van der Waals surface area contributed by atoms with Crippen LogP contribution in [0.15, 0.2) is 0 Å². The van der Waals surface area contributed by atoms with E-state index >= 15 is 0 Å². The number of phosphoric ester groups is 2. The maximum atomic E-state index is 13.2. The van der Waals surface area contributed by atoms with Crippen molar-refractivity contribution < 1.29 is 80.2 Å². The number of carbonyl (C=O) groups excluding carboxylic acids is 4. The van der Waals surface area contributed by atoms with Crippen molar-refractivity contribution in [3.8, 4) is 0 Å². The zero-order valence-corrected chi connectivity index (χ0v) is 72.1. The number of hydrogen-bond donors (Lipinski definition) is 3. The highest BCUT2D eigenvalue weighted by atomic mass is 31.2. The highest BCUT2D eigenvalue weighted by molar-refractivity contribution is 7.47. The van der Waals surface area contributed by atoms with E-state index in [0.717, 1.165) is 95.8 Å². The lowest BCUT2D eigenvalue weighted by Crippen LogP contribution is -2.30. The summed E-state index contributed by atoms with van der Waals surface area (Å²) in [6.07, 6.45) is 75.1. The number of esters is 4. The van der Waals surface area contributed by atoms with E-state index in [1.807, 2.05) is 0 Å². The van der Waals surface area contributed by atoms with Crippen LogP contribution in [0.5, 0.6) is 0 Å². The summed E-state index contributed by atoms with van der Waals surface area (Å²) in [5, 5.41) is 10.7. The van der Waals surface area contributed by atoms with Crippen LogP contribution in [0.3, 0.4) is 0 Å². The van der Waals surface area contributed by atoms with Crippen molar-refractivity contribution in [1.82, 2.24) is 0 Å². The average Bonchev–Trinajstić information content (AvgIpc) is 0.907. The number of unbranched alkanes of at least 4 members (excludes halogenated alkanes) is 60. The second kappa shape index (κ2) is 80.7. The number of carbonyl (C=O) groups is 4. The molecule has 17 nitrogen and oxygen atoms in total. The Morgan fingerprint density at radius 2 is 0.430 bits per heavy atom. The topological polar surface area (TPSA) is 237 Å². The predicted octanol–water partition coefficient (Wildman–Crippen LogP) is 27.2. The van der Waals surface area contributed by atoms with E-state index in [1.54, 1.807) is 0 Å². The van der Waals surface area contributed by atoms with Gasteiger partial charge < -0.3 is 33.8 Å². The number of aliphatic hydroxyl groups excluding tert-OH is 1. The Labute approximate surface area is 658 Å². The highest BCUT2D eigenvalue weighted by Crippen LogP contribution is 2.45. The van der Waals surface area contributed by atoms with Crippen LogP contribution in [0.25, 0.3) is 0 Å². The molecule has 636 valence electrons. The third kappa shape index (κ3) is 81.9. The van der Waals surface area contributed by atoms with Crippen LogP contribution in [0, 0.1) is 5.92 Å².